The molecule has 0 aromatic heterocycles. The monoisotopic (exact) mass is 344 g/mol. The van der Waals surface area contributed by atoms with Crippen LogP contribution in [-0.4, -0.2) is 31.4 Å². The van der Waals surface area contributed by atoms with Gasteiger partial charge in [-0.3, -0.25) is 0 Å². The molecule has 0 heterocycles. The lowest BCUT2D eigenvalue weighted by molar-refractivity contribution is 0.0697. The van der Waals surface area contributed by atoms with Crippen molar-refractivity contribution in [2.45, 2.75) is 26.2 Å². The molecule has 5 heteroatoms. The third-order valence-corrected chi connectivity index (χ3v) is 3.71. The van der Waals surface area contributed by atoms with E-state index in [0.717, 1.165) is 17.1 Å². The third-order valence-electron chi connectivity index (χ3n) is 3.71. The molecule has 0 saturated carbocycles. The molecule has 0 spiro atoms. The van der Waals surface area contributed by atoms with Crippen molar-refractivity contribution in [3.63, 3.8) is 0 Å². The van der Waals surface area contributed by atoms with Gasteiger partial charge in [0.2, 0.25) is 0 Å². The van der Waals surface area contributed by atoms with Gasteiger partial charge < -0.3 is 19.3 Å². The topological polar surface area (TPSA) is 65.0 Å². The van der Waals surface area contributed by atoms with Crippen molar-refractivity contribution in [3.05, 3.63) is 53.6 Å². The first-order chi connectivity index (χ1) is 11.8. The summed E-state index contributed by atoms with van der Waals surface area (Å²) < 4.78 is 16.8. The summed E-state index contributed by atoms with van der Waals surface area (Å²) in [5, 5.41) is 8.88. The standard InChI is InChI=1S/C20H24O5/c1-20(2,3)17-13-16(23-4)9-10-18(17)25-12-11-24-15-7-5-14(6-8-15)19(21)22/h5-10,13H,11-12H2,1-4H3,(H,21,22). The lowest BCUT2D eigenvalue weighted by atomic mass is 9.86. The minimum atomic E-state index is -0.955. The van der Waals surface area contributed by atoms with Gasteiger partial charge in [0, 0.05) is 5.56 Å². The molecule has 2 aromatic carbocycles. The predicted molar refractivity (Wildman–Crippen MR) is 96.1 cm³/mol. The highest BCUT2D eigenvalue weighted by atomic mass is 16.5. The van der Waals surface area contributed by atoms with Crippen LogP contribution in [0.1, 0.15) is 36.7 Å². The van der Waals surface area contributed by atoms with E-state index in [2.05, 4.69) is 20.8 Å². The van der Waals surface area contributed by atoms with Gasteiger partial charge in [0.05, 0.1) is 12.7 Å². The second kappa shape index (κ2) is 7.92. The minimum absolute atomic E-state index is 0.0720. The number of aromatic carboxylic acids is 1. The van der Waals surface area contributed by atoms with Crippen LogP contribution in [0.4, 0.5) is 0 Å². The Bertz CT molecular complexity index is 714. The van der Waals surface area contributed by atoms with Gasteiger partial charge >= 0.3 is 5.97 Å². The molecule has 0 amide bonds. The van der Waals surface area contributed by atoms with E-state index < -0.39 is 5.97 Å². The third kappa shape index (κ3) is 5.14. The number of hydrogen-bond donors (Lipinski definition) is 1. The summed E-state index contributed by atoms with van der Waals surface area (Å²) in [7, 11) is 1.64. The zero-order chi connectivity index (χ0) is 18.4. The first-order valence-corrected chi connectivity index (χ1v) is 8.09. The summed E-state index contributed by atoms with van der Waals surface area (Å²) in [6.45, 7) is 7.11. The number of carboxylic acid groups (broad SMARTS) is 1. The van der Waals surface area contributed by atoms with Gasteiger partial charge in [-0.25, -0.2) is 4.79 Å². The van der Waals surface area contributed by atoms with Crippen LogP contribution in [0.15, 0.2) is 42.5 Å². The molecule has 0 aliphatic rings. The second-order valence-corrected chi connectivity index (χ2v) is 6.64. The summed E-state index contributed by atoms with van der Waals surface area (Å²) in [5.74, 6) is 1.26. The van der Waals surface area contributed by atoms with E-state index in [1.165, 1.54) is 12.1 Å². The van der Waals surface area contributed by atoms with Crippen molar-refractivity contribution < 1.29 is 24.1 Å². The van der Waals surface area contributed by atoms with Crippen molar-refractivity contribution in [2.75, 3.05) is 20.3 Å². The molecule has 5 nitrogen and oxygen atoms in total. The number of benzene rings is 2. The largest absolute Gasteiger partial charge is 0.497 e. The molecule has 0 radical (unpaired) electrons. The van der Waals surface area contributed by atoms with Crippen LogP contribution in [0.2, 0.25) is 0 Å². The molecule has 2 rings (SSSR count). The fourth-order valence-electron chi connectivity index (χ4n) is 2.35. The zero-order valence-electron chi connectivity index (χ0n) is 15.0. The SMILES string of the molecule is COc1ccc(OCCOc2ccc(C(=O)O)cc2)c(C(C)(C)C)c1. The van der Waals surface area contributed by atoms with E-state index in [0.29, 0.717) is 19.0 Å². The first kappa shape index (κ1) is 18.6. The van der Waals surface area contributed by atoms with Gasteiger partial charge in [0.1, 0.15) is 30.5 Å². The van der Waals surface area contributed by atoms with Crippen LogP contribution >= 0.6 is 0 Å². The average molecular weight is 344 g/mol. The molecule has 134 valence electrons. The lowest BCUT2D eigenvalue weighted by Gasteiger charge is -2.23. The van der Waals surface area contributed by atoms with Gasteiger partial charge in [0.15, 0.2) is 0 Å². The number of methoxy groups -OCH3 is 1. The number of carboxylic acids is 1. The van der Waals surface area contributed by atoms with E-state index in [1.807, 2.05) is 18.2 Å². The molecule has 0 aliphatic carbocycles. The van der Waals surface area contributed by atoms with E-state index in [9.17, 15) is 4.79 Å². The molecule has 0 atom stereocenters. The number of rotatable bonds is 7. The summed E-state index contributed by atoms with van der Waals surface area (Å²) in [5.41, 5.74) is 1.23. The molecular formula is C20H24O5. The smallest absolute Gasteiger partial charge is 0.335 e. The average Bonchev–Trinajstić information content (AvgIpc) is 2.58. The molecule has 0 saturated heterocycles. The highest BCUT2D eigenvalue weighted by Crippen LogP contribution is 2.34. The molecule has 0 unspecified atom stereocenters. The number of carbonyl (C=O) groups is 1. The Kier molecular flexibility index (Phi) is 5.91. The predicted octanol–water partition coefficient (Wildman–Crippen LogP) is 4.15. The number of ether oxygens (including phenoxy) is 3. The summed E-state index contributed by atoms with van der Waals surface area (Å²) in [4.78, 5) is 10.8. The van der Waals surface area contributed by atoms with Crippen LogP contribution in [0.3, 0.4) is 0 Å². The normalized spacial score (nSPS) is 11.0. The van der Waals surface area contributed by atoms with Gasteiger partial charge in [-0.15, -0.1) is 0 Å². The highest BCUT2D eigenvalue weighted by Gasteiger charge is 2.20. The molecule has 0 bridgehead atoms. The minimum Gasteiger partial charge on any atom is -0.497 e. The Labute approximate surface area is 148 Å². The van der Waals surface area contributed by atoms with E-state index in [4.69, 9.17) is 19.3 Å². The van der Waals surface area contributed by atoms with Crippen LogP contribution in [-0.2, 0) is 5.41 Å². The molecule has 2 aromatic rings. The van der Waals surface area contributed by atoms with E-state index in [1.54, 1.807) is 19.2 Å². The van der Waals surface area contributed by atoms with Crippen molar-refractivity contribution in [1.29, 1.82) is 0 Å². The van der Waals surface area contributed by atoms with Crippen LogP contribution in [0, 0.1) is 0 Å². The maximum atomic E-state index is 10.8. The fourth-order valence-corrected chi connectivity index (χ4v) is 2.35. The number of hydrogen-bond acceptors (Lipinski definition) is 4. The lowest BCUT2D eigenvalue weighted by Crippen LogP contribution is -2.16. The molecule has 25 heavy (non-hydrogen) atoms. The maximum Gasteiger partial charge on any atom is 0.335 e. The molecule has 0 aliphatic heterocycles. The van der Waals surface area contributed by atoms with Crippen molar-refractivity contribution in [1.82, 2.24) is 0 Å². The van der Waals surface area contributed by atoms with Gasteiger partial charge in [-0.05, 0) is 47.9 Å². The Morgan fingerprint density at radius 1 is 0.960 bits per heavy atom. The zero-order valence-corrected chi connectivity index (χ0v) is 15.0. The van der Waals surface area contributed by atoms with Gasteiger partial charge in [-0.2, -0.15) is 0 Å². The van der Waals surface area contributed by atoms with Crippen molar-refractivity contribution >= 4 is 5.97 Å². The Morgan fingerprint density at radius 2 is 1.56 bits per heavy atom. The van der Waals surface area contributed by atoms with Crippen molar-refractivity contribution in [2.24, 2.45) is 0 Å². The Hall–Kier alpha value is -2.69. The first-order valence-electron chi connectivity index (χ1n) is 8.09. The van der Waals surface area contributed by atoms with Crippen molar-refractivity contribution in [3.8, 4) is 17.2 Å². The fraction of sp³-hybridized carbons (Fsp3) is 0.350. The molecule has 0 fully saturated rings. The van der Waals surface area contributed by atoms with Crippen LogP contribution < -0.4 is 14.2 Å². The second-order valence-electron chi connectivity index (χ2n) is 6.64. The Morgan fingerprint density at radius 3 is 2.12 bits per heavy atom. The maximum absolute atomic E-state index is 10.8. The summed E-state index contributed by atoms with van der Waals surface area (Å²) >= 11 is 0. The summed E-state index contributed by atoms with van der Waals surface area (Å²) in [6.07, 6.45) is 0. The quantitative estimate of drug-likeness (QED) is 0.765. The summed E-state index contributed by atoms with van der Waals surface area (Å²) in [6, 6.07) is 12.1. The van der Waals surface area contributed by atoms with E-state index >= 15 is 0 Å². The van der Waals surface area contributed by atoms with Crippen LogP contribution in [0.5, 0.6) is 17.2 Å². The highest BCUT2D eigenvalue weighted by molar-refractivity contribution is 5.87. The van der Waals surface area contributed by atoms with Gasteiger partial charge in [0.25, 0.3) is 0 Å². The van der Waals surface area contributed by atoms with Crippen LogP contribution in [0.25, 0.3) is 0 Å². The van der Waals surface area contributed by atoms with Gasteiger partial charge in [-0.1, -0.05) is 20.8 Å². The Balaban J connectivity index is 1.94. The van der Waals surface area contributed by atoms with E-state index in [-0.39, 0.29) is 11.0 Å². The molecular weight excluding hydrogens is 320 g/mol. The molecule has 1 N–H and O–H groups in total.